The molecule has 6 nitrogen and oxygen atoms in total. The van der Waals surface area contributed by atoms with Crippen LogP contribution >= 0.6 is 0 Å². The highest BCUT2D eigenvalue weighted by atomic mass is 16.5. The summed E-state index contributed by atoms with van der Waals surface area (Å²) in [7, 11) is 0. The zero-order valence-electron chi connectivity index (χ0n) is 21.5. The zero-order chi connectivity index (χ0) is 26.3. The molecule has 192 valence electrons. The molecule has 0 unspecified atom stereocenters. The second-order valence-corrected chi connectivity index (χ2v) is 10.2. The average Bonchev–Trinajstić information content (AvgIpc) is 3.16. The minimum atomic E-state index is -1.41. The number of amides is 1. The first-order valence-electron chi connectivity index (χ1n) is 12.7. The third-order valence-corrected chi connectivity index (χ3v) is 6.87. The molecule has 2 aromatic carbocycles. The van der Waals surface area contributed by atoms with Crippen LogP contribution in [0.5, 0.6) is 0 Å². The zero-order valence-corrected chi connectivity index (χ0v) is 21.5. The normalized spacial score (nSPS) is 14.9. The van der Waals surface area contributed by atoms with E-state index in [2.05, 4.69) is 36.2 Å². The van der Waals surface area contributed by atoms with Gasteiger partial charge in [-0.1, -0.05) is 68.5 Å². The number of carboxylic acid groups (broad SMARTS) is 1. The number of hydrogen-bond donors (Lipinski definition) is 2. The maximum absolute atomic E-state index is 13.2. The van der Waals surface area contributed by atoms with Crippen molar-refractivity contribution in [1.82, 2.24) is 5.32 Å². The van der Waals surface area contributed by atoms with E-state index in [4.69, 9.17) is 4.74 Å². The van der Waals surface area contributed by atoms with Crippen LogP contribution < -0.4 is 5.32 Å². The predicted molar refractivity (Wildman–Crippen MR) is 140 cm³/mol. The molecule has 1 aliphatic rings. The number of unbranched alkanes of at least 4 members (excludes halogenated alkanes) is 1. The minimum absolute atomic E-state index is 0.0566. The van der Waals surface area contributed by atoms with Crippen molar-refractivity contribution < 1.29 is 24.2 Å². The second-order valence-electron chi connectivity index (χ2n) is 10.2. The molecule has 2 aromatic rings. The number of nitrogens with one attached hydrogen (secondary N) is 1. The molecule has 6 heteroatoms. The molecule has 2 atom stereocenters. The summed E-state index contributed by atoms with van der Waals surface area (Å²) in [5.41, 5.74) is 3.14. The van der Waals surface area contributed by atoms with Gasteiger partial charge in [0.1, 0.15) is 12.1 Å². The Morgan fingerprint density at radius 3 is 2.19 bits per heavy atom. The Hall–Kier alpha value is -3.41. The van der Waals surface area contributed by atoms with E-state index in [1.165, 1.54) is 6.92 Å². The first-order chi connectivity index (χ1) is 17.2. The van der Waals surface area contributed by atoms with Crippen molar-refractivity contribution in [2.45, 2.75) is 64.3 Å². The maximum Gasteiger partial charge on any atom is 0.329 e. The third kappa shape index (κ3) is 6.42. The lowest BCUT2D eigenvalue weighted by molar-refractivity contribution is -0.150. The molecule has 2 N–H and O–H groups in total. The van der Waals surface area contributed by atoms with Gasteiger partial charge in [0.2, 0.25) is 5.91 Å². The Bertz CT molecular complexity index is 1060. The fraction of sp³-hybridized carbons (Fsp3) is 0.433. The van der Waals surface area contributed by atoms with Gasteiger partial charge in [0, 0.05) is 11.8 Å². The summed E-state index contributed by atoms with van der Waals surface area (Å²) in [6, 6.07) is 16.2. The number of carboxylic acids is 1. The van der Waals surface area contributed by atoms with E-state index in [0.717, 1.165) is 22.3 Å². The van der Waals surface area contributed by atoms with Crippen LogP contribution in [0.2, 0.25) is 0 Å². The van der Waals surface area contributed by atoms with E-state index in [0.29, 0.717) is 19.3 Å². The average molecular weight is 492 g/mol. The van der Waals surface area contributed by atoms with Gasteiger partial charge in [0.25, 0.3) is 0 Å². The number of aliphatic carboxylic acids is 1. The van der Waals surface area contributed by atoms with Gasteiger partial charge in [0.05, 0.1) is 6.42 Å². The van der Waals surface area contributed by atoms with Crippen LogP contribution in [-0.2, 0) is 19.1 Å². The topological polar surface area (TPSA) is 92.7 Å². The summed E-state index contributed by atoms with van der Waals surface area (Å²) >= 11 is 0. The predicted octanol–water partition coefficient (Wildman–Crippen LogP) is 5.71. The fourth-order valence-corrected chi connectivity index (χ4v) is 4.92. The largest absolute Gasteiger partial charge is 0.480 e. The number of hydrogen-bond acceptors (Lipinski definition) is 4. The summed E-state index contributed by atoms with van der Waals surface area (Å²) in [4.78, 5) is 38.0. The fourth-order valence-electron chi connectivity index (χ4n) is 4.92. The van der Waals surface area contributed by atoms with Crippen LogP contribution in [-0.4, -0.2) is 35.1 Å². The molecule has 0 saturated heterocycles. The van der Waals surface area contributed by atoms with Crippen molar-refractivity contribution in [2.24, 2.45) is 11.8 Å². The van der Waals surface area contributed by atoms with E-state index in [1.54, 1.807) is 6.08 Å². The van der Waals surface area contributed by atoms with E-state index in [1.807, 2.05) is 38.1 Å². The van der Waals surface area contributed by atoms with E-state index >= 15 is 0 Å². The summed E-state index contributed by atoms with van der Waals surface area (Å²) in [5.74, 6) is -2.55. The molecule has 0 spiro atoms. The molecule has 0 bridgehead atoms. The van der Waals surface area contributed by atoms with Crippen LogP contribution in [0, 0.1) is 11.8 Å². The molecular weight excluding hydrogens is 454 g/mol. The van der Waals surface area contributed by atoms with Gasteiger partial charge in [-0.3, -0.25) is 9.59 Å². The van der Waals surface area contributed by atoms with E-state index < -0.39 is 29.3 Å². The Balaban J connectivity index is 1.67. The van der Waals surface area contributed by atoms with Crippen molar-refractivity contribution in [3.05, 3.63) is 72.3 Å². The molecule has 36 heavy (non-hydrogen) atoms. The minimum Gasteiger partial charge on any atom is -0.480 e. The summed E-state index contributed by atoms with van der Waals surface area (Å²) < 4.78 is 5.71. The van der Waals surface area contributed by atoms with Crippen LogP contribution in [0.1, 0.15) is 69.9 Å². The number of esters is 1. The van der Waals surface area contributed by atoms with Gasteiger partial charge in [-0.05, 0) is 60.8 Å². The Kier molecular flexibility index (Phi) is 9.08. The second kappa shape index (κ2) is 12.0. The lowest BCUT2D eigenvalue weighted by atomic mass is 9.90. The van der Waals surface area contributed by atoms with E-state index in [9.17, 15) is 19.5 Å². The van der Waals surface area contributed by atoms with Gasteiger partial charge in [0.15, 0.2) is 0 Å². The van der Waals surface area contributed by atoms with Gasteiger partial charge in [-0.2, -0.15) is 0 Å². The Labute approximate surface area is 213 Å². The van der Waals surface area contributed by atoms with Crippen LogP contribution in [0.4, 0.5) is 0 Å². The van der Waals surface area contributed by atoms with Gasteiger partial charge in [-0.15, -0.1) is 6.58 Å². The standard InChI is InChI=1S/C30H37NO5/c1-5-6-11-16-30(4,29(34)35)31-28(33)21(17-20(2)3)18-27(32)36-19-26-24-14-9-7-12-22(24)23-13-8-10-15-25(23)26/h5,7-10,12-15,20-21,26H,1,6,11,16-19H2,2-4H3,(H,31,33)(H,34,35)/t21-,30+/m1/s1. The smallest absolute Gasteiger partial charge is 0.329 e. The van der Waals surface area contributed by atoms with Gasteiger partial charge >= 0.3 is 11.9 Å². The molecule has 0 saturated carbocycles. The van der Waals surface area contributed by atoms with Crippen molar-refractivity contribution in [2.75, 3.05) is 6.61 Å². The summed E-state index contributed by atoms with van der Waals surface area (Å²) in [5, 5.41) is 12.5. The highest BCUT2D eigenvalue weighted by molar-refractivity contribution is 5.89. The number of ether oxygens (including phenoxy) is 1. The third-order valence-electron chi connectivity index (χ3n) is 6.87. The SMILES string of the molecule is C=CCCC[C@](C)(NC(=O)[C@@H](CC(=O)OCC1c2ccccc2-c2ccccc21)CC(C)C)C(=O)O. The molecule has 0 heterocycles. The van der Waals surface area contributed by atoms with Crippen LogP contribution in [0.3, 0.4) is 0 Å². The highest BCUT2D eigenvalue weighted by Gasteiger charge is 2.37. The Morgan fingerprint density at radius 2 is 1.67 bits per heavy atom. The molecular formula is C30H37NO5. The maximum atomic E-state index is 13.2. The summed E-state index contributed by atoms with van der Waals surface area (Å²) in [6.07, 6.45) is 3.62. The van der Waals surface area contributed by atoms with Crippen molar-refractivity contribution >= 4 is 17.8 Å². The number of allylic oxidation sites excluding steroid dienone is 1. The number of carbonyl (C=O) groups excluding carboxylic acids is 2. The van der Waals surface area contributed by atoms with Gasteiger partial charge < -0.3 is 15.2 Å². The lowest BCUT2D eigenvalue weighted by Crippen LogP contribution is -2.54. The molecule has 0 aromatic heterocycles. The molecule has 0 aliphatic heterocycles. The lowest BCUT2D eigenvalue weighted by Gasteiger charge is -2.29. The first-order valence-corrected chi connectivity index (χ1v) is 12.7. The van der Waals surface area contributed by atoms with Crippen LogP contribution in [0.25, 0.3) is 11.1 Å². The molecule has 0 radical (unpaired) electrons. The van der Waals surface area contributed by atoms with Crippen molar-refractivity contribution in [3.63, 3.8) is 0 Å². The molecule has 1 amide bonds. The van der Waals surface area contributed by atoms with Crippen LogP contribution in [0.15, 0.2) is 61.2 Å². The Morgan fingerprint density at radius 1 is 1.08 bits per heavy atom. The van der Waals surface area contributed by atoms with E-state index in [-0.39, 0.29) is 31.3 Å². The molecule has 0 fully saturated rings. The van der Waals surface area contributed by atoms with Crippen molar-refractivity contribution in [3.8, 4) is 11.1 Å². The molecule has 3 rings (SSSR count). The molecule has 1 aliphatic carbocycles. The number of rotatable bonds is 13. The van der Waals surface area contributed by atoms with Crippen molar-refractivity contribution in [1.29, 1.82) is 0 Å². The quantitative estimate of drug-likeness (QED) is 0.213. The summed E-state index contributed by atoms with van der Waals surface area (Å²) in [6.45, 7) is 9.31. The van der Waals surface area contributed by atoms with Gasteiger partial charge in [-0.25, -0.2) is 4.79 Å². The monoisotopic (exact) mass is 491 g/mol. The number of benzene rings is 2. The first kappa shape index (κ1) is 27.2. The number of carbonyl (C=O) groups is 3. The highest BCUT2D eigenvalue weighted by Crippen LogP contribution is 2.44. The number of fused-ring (bicyclic) bond motifs is 3.